The molecule has 0 saturated carbocycles. The monoisotopic (exact) mass is 404 g/mol. The van der Waals surface area contributed by atoms with Gasteiger partial charge in [-0.2, -0.15) is 0 Å². The average Bonchev–Trinajstić information content (AvgIpc) is 2.81. The number of methoxy groups -OCH3 is 2. The number of carbonyl (C=O) groups is 1. The van der Waals surface area contributed by atoms with E-state index in [-0.39, 0.29) is 18.0 Å². The normalized spacial score (nSPS) is 11.7. The van der Waals surface area contributed by atoms with Gasteiger partial charge < -0.3 is 14.8 Å². The van der Waals surface area contributed by atoms with Crippen LogP contribution in [0.2, 0.25) is 0 Å². The van der Waals surface area contributed by atoms with Crippen LogP contribution in [0.5, 0.6) is 11.5 Å². The minimum absolute atomic E-state index is 0.0679. The van der Waals surface area contributed by atoms with Gasteiger partial charge in [-0.05, 0) is 35.7 Å². The highest BCUT2D eigenvalue weighted by molar-refractivity contribution is 5.81. The Morgan fingerprint density at radius 3 is 1.93 bits per heavy atom. The fourth-order valence-corrected chi connectivity index (χ4v) is 3.33. The first-order valence-corrected chi connectivity index (χ1v) is 9.97. The van der Waals surface area contributed by atoms with E-state index in [2.05, 4.69) is 34.9 Å². The van der Waals surface area contributed by atoms with E-state index in [1.807, 2.05) is 61.5 Å². The number of amides is 1. The molecule has 0 aromatic heterocycles. The SMILES string of the molecule is COc1ccc(CNC(=O)C(C)NC(c2ccccc2)c2ccccc2)cc1OC. The molecule has 0 heterocycles. The van der Waals surface area contributed by atoms with Crippen LogP contribution >= 0.6 is 0 Å². The van der Waals surface area contributed by atoms with Crippen molar-refractivity contribution >= 4 is 5.91 Å². The van der Waals surface area contributed by atoms with Crippen LogP contribution in [0.4, 0.5) is 0 Å². The predicted molar refractivity (Wildman–Crippen MR) is 119 cm³/mol. The van der Waals surface area contributed by atoms with Gasteiger partial charge in [-0.3, -0.25) is 10.1 Å². The summed E-state index contributed by atoms with van der Waals surface area (Å²) in [5, 5.41) is 6.47. The fraction of sp³-hybridized carbons (Fsp3) is 0.240. The van der Waals surface area contributed by atoms with E-state index in [1.54, 1.807) is 14.2 Å². The molecule has 5 heteroatoms. The number of benzene rings is 3. The standard InChI is InChI=1S/C25H28N2O3/c1-18(25(28)26-17-19-14-15-22(29-2)23(16-19)30-3)27-24(20-10-6-4-7-11-20)21-12-8-5-9-13-21/h4-16,18,24,27H,17H2,1-3H3,(H,26,28). The lowest BCUT2D eigenvalue weighted by molar-refractivity contribution is -0.123. The van der Waals surface area contributed by atoms with Crippen molar-refractivity contribution in [2.24, 2.45) is 0 Å². The molecule has 0 aliphatic heterocycles. The molecular weight excluding hydrogens is 376 g/mol. The Morgan fingerprint density at radius 1 is 0.833 bits per heavy atom. The molecule has 30 heavy (non-hydrogen) atoms. The van der Waals surface area contributed by atoms with Gasteiger partial charge in [0.1, 0.15) is 0 Å². The van der Waals surface area contributed by atoms with Crippen molar-refractivity contribution in [3.8, 4) is 11.5 Å². The highest BCUT2D eigenvalue weighted by Crippen LogP contribution is 2.27. The number of nitrogens with one attached hydrogen (secondary N) is 2. The van der Waals surface area contributed by atoms with Gasteiger partial charge >= 0.3 is 0 Å². The lowest BCUT2D eigenvalue weighted by Crippen LogP contribution is -2.43. The summed E-state index contributed by atoms with van der Waals surface area (Å²) in [6.45, 7) is 2.29. The van der Waals surface area contributed by atoms with Crippen LogP contribution < -0.4 is 20.1 Å². The molecule has 0 aliphatic carbocycles. The summed E-state index contributed by atoms with van der Waals surface area (Å²) in [6, 6.07) is 25.5. The van der Waals surface area contributed by atoms with Gasteiger partial charge in [-0.25, -0.2) is 0 Å². The molecule has 0 spiro atoms. The second-order valence-corrected chi connectivity index (χ2v) is 7.05. The van der Waals surface area contributed by atoms with Crippen molar-refractivity contribution in [3.63, 3.8) is 0 Å². The molecule has 1 unspecified atom stereocenters. The topological polar surface area (TPSA) is 59.6 Å². The molecule has 1 amide bonds. The number of rotatable bonds is 9. The predicted octanol–water partition coefficient (Wildman–Crippen LogP) is 4.09. The smallest absolute Gasteiger partial charge is 0.237 e. The average molecular weight is 405 g/mol. The lowest BCUT2D eigenvalue weighted by Gasteiger charge is -2.24. The minimum Gasteiger partial charge on any atom is -0.493 e. The molecule has 5 nitrogen and oxygen atoms in total. The van der Waals surface area contributed by atoms with Gasteiger partial charge in [-0.1, -0.05) is 66.7 Å². The third kappa shape index (κ3) is 5.39. The van der Waals surface area contributed by atoms with E-state index in [1.165, 1.54) is 0 Å². The van der Waals surface area contributed by atoms with Crippen LogP contribution in [0.3, 0.4) is 0 Å². The van der Waals surface area contributed by atoms with Gasteiger partial charge in [0.15, 0.2) is 11.5 Å². The Labute approximate surface area is 178 Å². The van der Waals surface area contributed by atoms with E-state index >= 15 is 0 Å². The fourth-order valence-electron chi connectivity index (χ4n) is 3.33. The first kappa shape index (κ1) is 21.4. The summed E-state index contributed by atoms with van der Waals surface area (Å²) in [4.78, 5) is 12.8. The molecule has 3 rings (SSSR count). The summed E-state index contributed by atoms with van der Waals surface area (Å²) in [5.41, 5.74) is 3.17. The third-order valence-corrected chi connectivity index (χ3v) is 4.99. The molecule has 3 aromatic carbocycles. The maximum absolute atomic E-state index is 12.8. The van der Waals surface area contributed by atoms with Gasteiger partial charge in [-0.15, -0.1) is 0 Å². The van der Waals surface area contributed by atoms with E-state index < -0.39 is 0 Å². The van der Waals surface area contributed by atoms with Crippen molar-refractivity contribution in [1.29, 1.82) is 0 Å². The Bertz CT molecular complexity index is 906. The Kier molecular flexibility index (Phi) is 7.46. The first-order valence-electron chi connectivity index (χ1n) is 9.97. The van der Waals surface area contributed by atoms with Crippen LogP contribution in [0.25, 0.3) is 0 Å². The van der Waals surface area contributed by atoms with Crippen molar-refractivity contribution in [2.75, 3.05) is 14.2 Å². The molecule has 0 bridgehead atoms. The first-order chi connectivity index (χ1) is 14.6. The molecule has 0 fully saturated rings. The molecule has 2 N–H and O–H groups in total. The van der Waals surface area contributed by atoms with Gasteiger partial charge in [0.05, 0.1) is 26.3 Å². The van der Waals surface area contributed by atoms with Crippen LogP contribution in [0.1, 0.15) is 29.7 Å². The number of hydrogen-bond acceptors (Lipinski definition) is 4. The van der Waals surface area contributed by atoms with Gasteiger partial charge in [0.2, 0.25) is 5.91 Å². The number of hydrogen-bond donors (Lipinski definition) is 2. The van der Waals surface area contributed by atoms with Crippen LogP contribution in [0.15, 0.2) is 78.9 Å². The molecule has 0 radical (unpaired) electrons. The van der Waals surface area contributed by atoms with Crippen molar-refractivity contribution in [1.82, 2.24) is 10.6 Å². The van der Waals surface area contributed by atoms with E-state index in [0.717, 1.165) is 16.7 Å². The maximum Gasteiger partial charge on any atom is 0.237 e. The van der Waals surface area contributed by atoms with Crippen LogP contribution in [0, 0.1) is 0 Å². The molecule has 0 aliphatic rings. The molecule has 3 aromatic rings. The lowest BCUT2D eigenvalue weighted by atomic mass is 9.98. The van der Waals surface area contributed by atoms with Crippen molar-refractivity contribution < 1.29 is 14.3 Å². The second kappa shape index (κ2) is 10.5. The number of ether oxygens (including phenoxy) is 2. The zero-order valence-corrected chi connectivity index (χ0v) is 17.6. The highest BCUT2D eigenvalue weighted by atomic mass is 16.5. The minimum atomic E-state index is -0.379. The van der Waals surface area contributed by atoms with Gasteiger partial charge in [0.25, 0.3) is 0 Å². The Balaban J connectivity index is 1.67. The maximum atomic E-state index is 12.8. The largest absolute Gasteiger partial charge is 0.493 e. The Hall–Kier alpha value is -3.31. The number of carbonyl (C=O) groups excluding carboxylic acids is 1. The highest BCUT2D eigenvalue weighted by Gasteiger charge is 2.20. The molecule has 0 saturated heterocycles. The van der Waals surface area contributed by atoms with Crippen LogP contribution in [-0.4, -0.2) is 26.2 Å². The van der Waals surface area contributed by atoms with Crippen molar-refractivity contribution in [2.45, 2.75) is 25.6 Å². The summed E-state index contributed by atoms with van der Waals surface area (Å²) in [6.07, 6.45) is 0. The quantitative estimate of drug-likeness (QED) is 0.564. The summed E-state index contributed by atoms with van der Waals surface area (Å²) >= 11 is 0. The zero-order valence-electron chi connectivity index (χ0n) is 17.6. The van der Waals surface area contributed by atoms with Crippen LogP contribution in [-0.2, 0) is 11.3 Å². The third-order valence-electron chi connectivity index (χ3n) is 4.99. The van der Waals surface area contributed by atoms with E-state index in [4.69, 9.17) is 9.47 Å². The molecular formula is C25H28N2O3. The summed E-state index contributed by atoms with van der Waals surface area (Å²) in [7, 11) is 3.20. The second-order valence-electron chi connectivity index (χ2n) is 7.05. The summed E-state index contributed by atoms with van der Waals surface area (Å²) < 4.78 is 10.6. The molecule has 1 atom stereocenters. The van der Waals surface area contributed by atoms with E-state index in [9.17, 15) is 4.79 Å². The zero-order chi connectivity index (χ0) is 21.3. The van der Waals surface area contributed by atoms with E-state index in [0.29, 0.717) is 18.0 Å². The van der Waals surface area contributed by atoms with Gasteiger partial charge in [0, 0.05) is 6.54 Å². The summed E-state index contributed by atoms with van der Waals surface area (Å²) in [5.74, 6) is 1.24. The van der Waals surface area contributed by atoms with Crippen molar-refractivity contribution in [3.05, 3.63) is 95.6 Å². The molecule has 156 valence electrons. The Morgan fingerprint density at radius 2 is 1.40 bits per heavy atom.